The molecule has 42 heavy (non-hydrogen) atoms. The van der Waals surface area contributed by atoms with Crippen molar-refractivity contribution in [3.8, 4) is 34.5 Å². The number of benzene rings is 3. The molecule has 12 heteroatoms. The number of nitro groups is 1. The summed E-state index contributed by atoms with van der Waals surface area (Å²) in [7, 11) is 7.62. The average molecular weight is 644 g/mol. The van der Waals surface area contributed by atoms with Crippen molar-refractivity contribution >= 4 is 33.7 Å². The lowest BCUT2D eigenvalue weighted by atomic mass is 9.92. The fourth-order valence-corrected chi connectivity index (χ4v) is 5.15. The van der Waals surface area contributed by atoms with Gasteiger partial charge in [-0.3, -0.25) is 10.1 Å². The first-order valence-electron chi connectivity index (χ1n) is 12.7. The predicted molar refractivity (Wildman–Crippen MR) is 157 cm³/mol. The molecule has 1 heterocycles. The first kappa shape index (κ1) is 30.5. The monoisotopic (exact) mass is 643 g/mol. The minimum atomic E-state index is -0.463. The molecule has 4 rings (SSSR count). The lowest BCUT2D eigenvalue weighted by Gasteiger charge is -2.18. The topological polar surface area (TPSA) is 125 Å². The van der Waals surface area contributed by atoms with E-state index in [1.165, 1.54) is 33.5 Å². The number of hydrogen-bond acceptors (Lipinski definition) is 10. The maximum atomic E-state index is 12.9. The van der Waals surface area contributed by atoms with Crippen molar-refractivity contribution < 1.29 is 42.9 Å². The lowest BCUT2D eigenvalue weighted by molar-refractivity contribution is -0.384. The number of carbonyl (C=O) groups excluding carboxylic acids is 1. The summed E-state index contributed by atoms with van der Waals surface area (Å²) in [5.41, 5.74) is 2.64. The molecule has 0 unspecified atom stereocenters. The molecule has 1 fully saturated rings. The van der Waals surface area contributed by atoms with Crippen LogP contribution in [0.15, 0.2) is 52.5 Å². The van der Waals surface area contributed by atoms with E-state index in [2.05, 4.69) is 15.9 Å². The van der Waals surface area contributed by atoms with E-state index in [0.717, 1.165) is 5.56 Å². The summed E-state index contributed by atoms with van der Waals surface area (Å²) in [5, 5.41) is 11.0. The summed E-state index contributed by atoms with van der Waals surface area (Å²) in [6, 6.07) is 11.5. The Hall–Kier alpha value is -4.45. The Kier molecular flexibility index (Phi) is 9.79. The molecule has 1 atom stereocenters. The van der Waals surface area contributed by atoms with E-state index in [-0.39, 0.29) is 24.8 Å². The molecule has 0 bridgehead atoms. The summed E-state index contributed by atoms with van der Waals surface area (Å²) in [6.07, 6.45) is 2.21. The van der Waals surface area contributed by atoms with E-state index in [1.54, 1.807) is 38.5 Å². The van der Waals surface area contributed by atoms with Gasteiger partial charge in [0, 0.05) is 23.6 Å². The minimum absolute atomic E-state index is 0.0164. The summed E-state index contributed by atoms with van der Waals surface area (Å²) >= 11 is 3.61. The fourth-order valence-electron chi connectivity index (χ4n) is 4.63. The summed E-state index contributed by atoms with van der Waals surface area (Å²) in [6.45, 7) is 0.303. The number of carbonyl (C=O) groups is 1. The van der Waals surface area contributed by atoms with Gasteiger partial charge in [0.1, 0.15) is 6.61 Å². The van der Waals surface area contributed by atoms with Gasteiger partial charge in [-0.25, -0.2) is 4.79 Å². The predicted octanol–water partition coefficient (Wildman–Crippen LogP) is 5.78. The van der Waals surface area contributed by atoms with Crippen molar-refractivity contribution in [1.82, 2.24) is 0 Å². The number of non-ortho nitro benzene ring substituents is 1. The van der Waals surface area contributed by atoms with Crippen molar-refractivity contribution in [2.45, 2.75) is 13.0 Å². The Morgan fingerprint density at radius 1 is 0.881 bits per heavy atom. The van der Waals surface area contributed by atoms with Crippen LogP contribution in [0.2, 0.25) is 0 Å². The molecule has 1 aliphatic heterocycles. The van der Waals surface area contributed by atoms with Gasteiger partial charge in [0.2, 0.25) is 11.5 Å². The van der Waals surface area contributed by atoms with Crippen LogP contribution in [-0.4, -0.2) is 53.0 Å². The van der Waals surface area contributed by atoms with Gasteiger partial charge in [0.05, 0.1) is 51.6 Å². The van der Waals surface area contributed by atoms with E-state index >= 15 is 0 Å². The van der Waals surface area contributed by atoms with Gasteiger partial charge in [-0.2, -0.15) is 0 Å². The Morgan fingerprint density at radius 2 is 1.48 bits per heavy atom. The van der Waals surface area contributed by atoms with Crippen LogP contribution in [0.4, 0.5) is 5.69 Å². The summed E-state index contributed by atoms with van der Waals surface area (Å²) in [4.78, 5) is 23.4. The molecular formula is C30H30BrNO10. The van der Waals surface area contributed by atoms with Crippen molar-refractivity contribution in [2.75, 3.05) is 42.2 Å². The molecule has 0 amide bonds. The Morgan fingerprint density at radius 3 is 2.02 bits per heavy atom. The van der Waals surface area contributed by atoms with Crippen LogP contribution in [-0.2, 0) is 22.6 Å². The van der Waals surface area contributed by atoms with Gasteiger partial charge in [-0.15, -0.1) is 0 Å². The van der Waals surface area contributed by atoms with E-state index < -0.39 is 10.9 Å². The molecule has 0 saturated carbocycles. The SMILES string of the molecule is COc1cc(C[C@@H]2COC(=O)/C2=C\c2cc(OC)c(OC)c(OCc3ccc([N+](=O)[O-])cc3)c2Br)cc(OC)c1OC. The van der Waals surface area contributed by atoms with Crippen molar-refractivity contribution in [2.24, 2.45) is 5.92 Å². The number of halogens is 1. The van der Waals surface area contributed by atoms with Crippen LogP contribution in [0, 0.1) is 16.0 Å². The normalized spacial score (nSPS) is 15.2. The first-order valence-corrected chi connectivity index (χ1v) is 13.5. The maximum Gasteiger partial charge on any atom is 0.334 e. The number of cyclic esters (lactones) is 1. The number of hydrogen-bond donors (Lipinski definition) is 0. The van der Waals surface area contributed by atoms with Gasteiger partial charge in [-0.05, 0) is 75.4 Å². The van der Waals surface area contributed by atoms with E-state index in [0.29, 0.717) is 62.1 Å². The molecular weight excluding hydrogens is 614 g/mol. The molecule has 0 spiro atoms. The number of nitro benzene ring substituents is 1. The highest BCUT2D eigenvalue weighted by atomic mass is 79.9. The van der Waals surface area contributed by atoms with Crippen LogP contribution in [0.3, 0.4) is 0 Å². The third-order valence-corrected chi connectivity index (χ3v) is 7.55. The van der Waals surface area contributed by atoms with E-state index in [1.807, 2.05) is 12.1 Å². The third-order valence-electron chi connectivity index (χ3n) is 6.73. The molecule has 1 aliphatic rings. The van der Waals surface area contributed by atoms with Gasteiger partial charge in [0.15, 0.2) is 23.0 Å². The van der Waals surface area contributed by atoms with Crippen LogP contribution in [0.25, 0.3) is 6.08 Å². The largest absolute Gasteiger partial charge is 0.493 e. The standard InChI is InChI=1S/C30H30BrNO10/c1-36-23-11-18(12-24(37-2)27(23)39-4)10-20-16-42-30(33)22(20)13-19-14-25(38-3)28(40-5)29(26(19)31)41-15-17-6-8-21(9-7-17)32(34)35/h6-9,11-14,20H,10,15-16H2,1-5H3/b22-13-/t20-/m1/s1. The molecule has 0 N–H and O–H groups in total. The zero-order chi connectivity index (χ0) is 30.4. The molecule has 3 aromatic carbocycles. The quantitative estimate of drug-likeness (QED) is 0.104. The van der Waals surface area contributed by atoms with E-state index in [4.69, 9.17) is 33.2 Å². The highest BCUT2D eigenvalue weighted by Gasteiger charge is 2.32. The smallest absolute Gasteiger partial charge is 0.334 e. The van der Waals surface area contributed by atoms with Crippen LogP contribution in [0.1, 0.15) is 16.7 Å². The molecule has 222 valence electrons. The second-order valence-electron chi connectivity index (χ2n) is 9.19. The second-order valence-corrected chi connectivity index (χ2v) is 9.98. The number of esters is 1. The minimum Gasteiger partial charge on any atom is -0.493 e. The van der Waals surface area contributed by atoms with Crippen LogP contribution in [0.5, 0.6) is 34.5 Å². The Balaban J connectivity index is 1.68. The number of methoxy groups -OCH3 is 5. The fraction of sp³-hybridized carbons (Fsp3) is 0.300. The summed E-state index contributed by atoms with van der Waals surface area (Å²) < 4.78 is 39.6. The molecule has 0 aromatic heterocycles. The summed E-state index contributed by atoms with van der Waals surface area (Å²) in [5.74, 6) is 1.89. The van der Waals surface area contributed by atoms with Gasteiger partial charge >= 0.3 is 5.97 Å². The van der Waals surface area contributed by atoms with Gasteiger partial charge < -0.3 is 33.2 Å². The second kappa shape index (κ2) is 13.5. The highest BCUT2D eigenvalue weighted by Crippen LogP contribution is 2.47. The molecule has 0 aliphatic carbocycles. The van der Waals surface area contributed by atoms with Gasteiger partial charge in [-0.1, -0.05) is 0 Å². The number of ether oxygens (including phenoxy) is 7. The highest BCUT2D eigenvalue weighted by molar-refractivity contribution is 9.10. The molecule has 11 nitrogen and oxygen atoms in total. The molecule has 1 saturated heterocycles. The molecule has 3 aromatic rings. The third kappa shape index (κ3) is 6.38. The Bertz CT molecular complexity index is 1480. The van der Waals surface area contributed by atoms with E-state index in [9.17, 15) is 14.9 Å². The average Bonchev–Trinajstić information content (AvgIpc) is 3.34. The van der Waals surface area contributed by atoms with Crippen LogP contribution >= 0.6 is 15.9 Å². The maximum absolute atomic E-state index is 12.9. The van der Waals surface area contributed by atoms with Crippen molar-refractivity contribution in [3.63, 3.8) is 0 Å². The Labute approximate surface area is 251 Å². The number of nitrogens with zero attached hydrogens (tertiary/aromatic N) is 1. The zero-order valence-corrected chi connectivity index (χ0v) is 25.3. The van der Waals surface area contributed by atoms with Crippen molar-refractivity contribution in [3.05, 3.63) is 79.3 Å². The zero-order valence-electron chi connectivity index (χ0n) is 23.7. The van der Waals surface area contributed by atoms with Crippen LogP contribution < -0.4 is 28.4 Å². The number of rotatable bonds is 12. The lowest BCUT2D eigenvalue weighted by Crippen LogP contribution is -2.09. The first-order chi connectivity index (χ1) is 20.2. The van der Waals surface area contributed by atoms with Crippen molar-refractivity contribution in [1.29, 1.82) is 0 Å². The van der Waals surface area contributed by atoms with Gasteiger partial charge in [0.25, 0.3) is 5.69 Å². The molecule has 0 radical (unpaired) electrons.